The molecule has 0 bridgehead atoms. The summed E-state index contributed by atoms with van der Waals surface area (Å²) in [5.74, 6) is 0.898. The Bertz CT molecular complexity index is 845. The maximum absolute atomic E-state index is 5.94. The predicted octanol–water partition coefficient (Wildman–Crippen LogP) is 5.79. The Morgan fingerprint density at radius 2 is 1.61 bits per heavy atom. The van der Waals surface area contributed by atoms with Crippen LogP contribution in [0.3, 0.4) is 0 Å². The van der Waals surface area contributed by atoms with E-state index in [0.29, 0.717) is 6.61 Å². The highest BCUT2D eigenvalue weighted by Gasteiger charge is 2.06. The van der Waals surface area contributed by atoms with Crippen molar-refractivity contribution >= 4 is 10.8 Å². The van der Waals surface area contributed by atoms with Crippen LogP contribution in [-0.4, -0.2) is 25.9 Å². The summed E-state index contributed by atoms with van der Waals surface area (Å²) in [6, 6.07) is 23.1. The summed E-state index contributed by atoms with van der Waals surface area (Å²) >= 11 is 0. The SMILES string of the molecule is CCOCCCOC(C)Cc1ccc2cc(OCc3ccccc3)ccc2c1. The van der Waals surface area contributed by atoms with Crippen molar-refractivity contribution in [3.8, 4) is 5.75 Å². The Morgan fingerprint density at radius 3 is 2.43 bits per heavy atom. The highest BCUT2D eigenvalue weighted by Crippen LogP contribution is 2.23. The van der Waals surface area contributed by atoms with Crippen molar-refractivity contribution in [2.45, 2.75) is 39.4 Å². The third-order valence-corrected chi connectivity index (χ3v) is 4.69. The number of ether oxygens (including phenoxy) is 3. The molecule has 0 amide bonds. The van der Waals surface area contributed by atoms with Gasteiger partial charge in [0.25, 0.3) is 0 Å². The molecule has 0 N–H and O–H groups in total. The van der Waals surface area contributed by atoms with Gasteiger partial charge in [0.15, 0.2) is 0 Å². The average molecular weight is 379 g/mol. The second kappa shape index (κ2) is 10.8. The van der Waals surface area contributed by atoms with Gasteiger partial charge in [-0.2, -0.15) is 0 Å². The smallest absolute Gasteiger partial charge is 0.120 e. The van der Waals surface area contributed by atoms with Crippen LogP contribution in [0.5, 0.6) is 5.75 Å². The van der Waals surface area contributed by atoms with Crippen LogP contribution < -0.4 is 4.74 Å². The first-order valence-electron chi connectivity index (χ1n) is 10.1. The van der Waals surface area contributed by atoms with Crippen molar-refractivity contribution in [3.05, 3.63) is 77.9 Å². The minimum atomic E-state index is 0.201. The maximum atomic E-state index is 5.94. The number of hydrogen-bond donors (Lipinski definition) is 0. The van der Waals surface area contributed by atoms with Crippen LogP contribution in [-0.2, 0) is 22.5 Å². The van der Waals surface area contributed by atoms with Gasteiger partial charge >= 0.3 is 0 Å². The molecule has 0 aliphatic rings. The molecule has 0 fully saturated rings. The lowest BCUT2D eigenvalue weighted by molar-refractivity contribution is 0.0449. The molecular weight excluding hydrogens is 348 g/mol. The molecule has 0 saturated heterocycles. The molecule has 0 saturated carbocycles. The van der Waals surface area contributed by atoms with Gasteiger partial charge in [-0.15, -0.1) is 0 Å². The van der Waals surface area contributed by atoms with Gasteiger partial charge < -0.3 is 14.2 Å². The molecule has 0 heterocycles. The normalized spacial score (nSPS) is 12.2. The molecule has 3 heteroatoms. The Kier molecular flexibility index (Phi) is 7.89. The Hall–Kier alpha value is -2.36. The fourth-order valence-electron chi connectivity index (χ4n) is 3.21. The molecule has 3 rings (SSSR count). The summed E-state index contributed by atoms with van der Waals surface area (Å²) in [6.07, 6.45) is 2.06. The summed E-state index contributed by atoms with van der Waals surface area (Å²) in [6.45, 7) is 7.02. The van der Waals surface area contributed by atoms with Gasteiger partial charge in [0, 0.05) is 19.8 Å². The van der Waals surface area contributed by atoms with E-state index in [0.717, 1.165) is 38.4 Å². The zero-order valence-corrected chi connectivity index (χ0v) is 16.9. The van der Waals surface area contributed by atoms with E-state index in [9.17, 15) is 0 Å². The van der Waals surface area contributed by atoms with E-state index < -0.39 is 0 Å². The molecule has 1 atom stereocenters. The van der Waals surface area contributed by atoms with Crippen LogP contribution in [0.15, 0.2) is 66.7 Å². The number of hydrogen-bond acceptors (Lipinski definition) is 3. The summed E-state index contributed by atoms with van der Waals surface area (Å²) in [5, 5.41) is 2.42. The number of benzene rings is 3. The van der Waals surface area contributed by atoms with Gasteiger partial charge in [-0.3, -0.25) is 0 Å². The first kappa shape index (κ1) is 20.4. The van der Waals surface area contributed by atoms with Crippen molar-refractivity contribution in [2.24, 2.45) is 0 Å². The summed E-state index contributed by atoms with van der Waals surface area (Å²) in [4.78, 5) is 0. The van der Waals surface area contributed by atoms with E-state index in [-0.39, 0.29) is 6.10 Å². The minimum absolute atomic E-state index is 0.201. The number of fused-ring (bicyclic) bond motifs is 1. The molecule has 3 nitrogen and oxygen atoms in total. The van der Waals surface area contributed by atoms with Crippen LogP contribution in [0, 0.1) is 0 Å². The number of rotatable bonds is 11. The second-order valence-corrected chi connectivity index (χ2v) is 7.05. The Balaban J connectivity index is 1.53. The summed E-state index contributed by atoms with van der Waals surface area (Å²) < 4.78 is 17.2. The molecule has 0 radical (unpaired) electrons. The second-order valence-electron chi connectivity index (χ2n) is 7.05. The van der Waals surface area contributed by atoms with Crippen molar-refractivity contribution in [3.63, 3.8) is 0 Å². The molecule has 0 aliphatic carbocycles. The average Bonchev–Trinajstić information content (AvgIpc) is 2.73. The fraction of sp³-hybridized carbons (Fsp3) is 0.360. The van der Waals surface area contributed by atoms with E-state index in [1.165, 1.54) is 21.9 Å². The highest BCUT2D eigenvalue weighted by atomic mass is 16.5. The van der Waals surface area contributed by atoms with E-state index in [1.807, 2.05) is 31.2 Å². The topological polar surface area (TPSA) is 27.7 Å². The lowest BCUT2D eigenvalue weighted by Crippen LogP contribution is -2.13. The van der Waals surface area contributed by atoms with Crippen molar-refractivity contribution < 1.29 is 14.2 Å². The monoisotopic (exact) mass is 378 g/mol. The van der Waals surface area contributed by atoms with E-state index in [1.54, 1.807) is 0 Å². The van der Waals surface area contributed by atoms with Crippen molar-refractivity contribution in [1.29, 1.82) is 0 Å². The van der Waals surface area contributed by atoms with Gasteiger partial charge in [0.2, 0.25) is 0 Å². The zero-order chi connectivity index (χ0) is 19.6. The maximum Gasteiger partial charge on any atom is 0.120 e. The largest absolute Gasteiger partial charge is 0.489 e. The van der Waals surface area contributed by atoms with Crippen LogP contribution in [0.25, 0.3) is 10.8 Å². The predicted molar refractivity (Wildman–Crippen MR) is 115 cm³/mol. The molecule has 0 spiro atoms. The fourth-order valence-corrected chi connectivity index (χ4v) is 3.21. The van der Waals surface area contributed by atoms with Crippen LogP contribution >= 0.6 is 0 Å². The first-order valence-corrected chi connectivity index (χ1v) is 10.1. The summed E-state index contributed by atoms with van der Waals surface area (Å²) in [7, 11) is 0. The molecular formula is C25H30O3. The molecule has 148 valence electrons. The lowest BCUT2D eigenvalue weighted by atomic mass is 10.0. The molecule has 0 aromatic heterocycles. The molecule has 28 heavy (non-hydrogen) atoms. The summed E-state index contributed by atoms with van der Waals surface area (Å²) in [5.41, 5.74) is 2.47. The van der Waals surface area contributed by atoms with E-state index >= 15 is 0 Å². The highest BCUT2D eigenvalue weighted by molar-refractivity contribution is 5.84. The van der Waals surface area contributed by atoms with Gasteiger partial charge in [-0.1, -0.05) is 54.6 Å². The lowest BCUT2D eigenvalue weighted by Gasteiger charge is -2.14. The Morgan fingerprint density at radius 1 is 0.821 bits per heavy atom. The molecule has 1 unspecified atom stereocenters. The van der Waals surface area contributed by atoms with Gasteiger partial charge in [0.1, 0.15) is 12.4 Å². The standard InChI is InChI=1S/C25H30O3/c1-3-26-14-7-15-27-20(2)16-22-10-11-24-18-25(13-12-23(24)17-22)28-19-21-8-5-4-6-9-21/h4-6,8-13,17-18,20H,3,7,14-16,19H2,1-2H3. The van der Waals surface area contributed by atoms with Crippen LogP contribution in [0.2, 0.25) is 0 Å². The quantitative estimate of drug-likeness (QED) is 0.395. The molecule has 3 aromatic rings. The van der Waals surface area contributed by atoms with Gasteiger partial charge in [-0.05, 0) is 60.7 Å². The van der Waals surface area contributed by atoms with Gasteiger partial charge in [0.05, 0.1) is 6.10 Å². The molecule has 0 aliphatic heterocycles. The minimum Gasteiger partial charge on any atom is -0.489 e. The first-order chi connectivity index (χ1) is 13.7. The van der Waals surface area contributed by atoms with Crippen molar-refractivity contribution in [1.82, 2.24) is 0 Å². The zero-order valence-electron chi connectivity index (χ0n) is 16.9. The van der Waals surface area contributed by atoms with E-state index in [4.69, 9.17) is 14.2 Å². The molecule has 3 aromatic carbocycles. The van der Waals surface area contributed by atoms with E-state index in [2.05, 4.69) is 49.4 Å². The van der Waals surface area contributed by atoms with Gasteiger partial charge in [-0.25, -0.2) is 0 Å². The Labute approximate surface area is 168 Å². The van der Waals surface area contributed by atoms with Crippen molar-refractivity contribution in [2.75, 3.05) is 19.8 Å². The van der Waals surface area contributed by atoms with Crippen LogP contribution in [0.4, 0.5) is 0 Å². The third kappa shape index (κ3) is 6.36. The van der Waals surface area contributed by atoms with Crippen LogP contribution in [0.1, 0.15) is 31.4 Å². The third-order valence-electron chi connectivity index (χ3n) is 4.69.